The molecule has 0 radical (unpaired) electrons. The van der Waals surface area contributed by atoms with Gasteiger partial charge in [0.05, 0.1) is 6.10 Å². The molecule has 1 amide bonds. The van der Waals surface area contributed by atoms with Gasteiger partial charge in [0.15, 0.2) is 9.84 Å². The minimum absolute atomic E-state index is 0.0000926. The Hall–Kier alpha value is -0.620. The van der Waals surface area contributed by atoms with E-state index in [2.05, 4.69) is 5.32 Å². The lowest BCUT2D eigenvalue weighted by Crippen LogP contribution is -2.44. The lowest BCUT2D eigenvalue weighted by Gasteiger charge is -2.27. The summed E-state index contributed by atoms with van der Waals surface area (Å²) in [4.78, 5) is 11.6. The standard InChI is InChI=1S/C10H19NO4S/c1-7(16(2,14)15)10(13)11-8-3-5-9(12)6-4-8/h7-9,12H,3-6H2,1-2H3,(H,11,13). The van der Waals surface area contributed by atoms with Crippen LogP contribution >= 0.6 is 0 Å². The summed E-state index contributed by atoms with van der Waals surface area (Å²) in [7, 11) is -3.33. The van der Waals surface area contributed by atoms with Crippen molar-refractivity contribution in [1.29, 1.82) is 0 Å². The molecule has 2 N–H and O–H groups in total. The topological polar surface area (TPSA) is 83.5 Å². The molecule has 6 heteroatoms. The lowest BCUT2D eigenvalue weighted by atomic mass is 9.93. The van der Waals surface area contributed by atoms with E-state index in [9.17, 15) is 18.3 Å². The molecule has 0 heterocycles. The summed E-state index contributed by atoms with van der Waals surface area (Å²) in [5.74, 6) is -0.441. The van der Waals surface area contributed by atoms with Crippen LogP contribution in [0, 0.1) is 0 Å². The van der Waals surface area contributed by atoms with Crippen LogP contribution in [0.5, 0.6) is 0 Å². The Labute approximate surface area is 96.1 Å². The number of hydrogen-bond acceptors (Lipinski definition) is 4. The normalized spacial score (nSPS) is 28.4. The zero-order chi connectivity index (χ0) is 12.3. The molecule has 0 bridgehead atoms. The average molecular weight is 249 g/mol. The number of hydrogen-bond donors (Lipinski definition) is 2. The second kappa shape index (κ2) is 5.14. The number of aliphatic hydroxyl groups excluding tert-OH is 1. The number of aliphatic hydroxyl groups is 1. The van der Waals surface area contributed by atoms with E-state index in [1.165, 1.54) is 6.92 Å². The van der Waals surface area contributed by atoms with Crippen molar-refractivity contribution in [1.82, 2.24) is 5.32 Å². The summed E-state index contributed by atoms with van der Waals surface area (Å²) in [6.45, 7) is 1.39. The highest BCUT2D eigenvalue weighted by molar-refractivity contribution is 7.92. The molecule has 1 aliphatic carbocycles. The smallest absolute Gasteiger partial charge is 0.238 e. The summed E-state index contributed by atoms with van der Waals surface area (Å²) < 4.78 is 22.3. The SMILES string of the molecule is CC(C(=O)NC1CCC(O)CC1)S(C)(=O)=O. The van der Waals surface area contributed by atoms with Gasteiger partial charge in [-0.25, -0.2) is 8.42 Å². The van der Waals surface area contributed by atoms with E-state index in [0.29, 0.717) is 25.7 Å². The third-order valence-electron chi connectivity index (χ3n) is 3.05. The van der Waals surface area contributed by atoms with Crippen LogP contribution < -0.4 is 5.32 Å². The zero-order valence-electron chi connectivity index (χ0n) is 9.64. The molecule has 1 atom stereocenters. The monoisotopic (exact) mass is 249 g/mol. The van der Waals surface area contributed by atoms with Crippen molar-refractivity contribution in [2.45, 2.75) is 50.0 Å². The highest BCUT2D eigenvalue weighted by Gasteiger charge is 2.27. The van der Waals surface area contributed by atoms with Gasteiger partial charge in [0.25, 0.3) is 0 Å². The number of rotatable bonds is 3. The fraction of sp³-hybridized carbons (Fsp3) is 0.900. The van der Waals surface area contributed by atoms with Crippen molar-refractivity contribution in [3.8, 4) is 0 Å². The Morgan fingerprint density at radius 2 is 1.81 bits per heavy atom. The van der Waals surface area contributed by atoms with Crippen LogP contribution in [0.1, 0.15) is 32.6 Å². The molecule has 1 rings (SSSR count). The second-order valence-electron chi connectivity index (χ2n) is 4.49. The molecule has 1 fully saturated rings. The molecule has 0 aromatic heterocycles. The highest BCUT2D eigenvalue weighted by Crippen LogP contribution is 2.18. The Morgan fingerprint density at radius 1 is 1.31 bits per heavy atom. The van der Waals surface area contributed by atoms with Crippen LogP contribution in [0.2, 0.25) is 0 Å². The van der Waals surface area contributed by atoms with E-state index in [0.717, 1.165) is 6.26 Å². The number of carbonyl (C=O) groups excluding carboxylic acids is 1. The summed E-state index contributed by atoms with van der Waals surface area (Å²) in [6, 6.07) is 0.0000926. The molecule has 0 aromatic carbocycles. The van der Waals surface area contributed by atoms with E-state index >= 15 is 0 Å². The van der Waals surface area contributed by atoms with Gasteiger partial charge in [0, 0.05) is 12.3 Å². The fourth-order valence-corrected chi connectivity index (χ4v) is 2.19. The molecular weight excluding hydrogens is 230 g/mol. The van der Waals surface area contributed by atoms with Gasteiger partial charge >= 0.3 is 0 Å². The Balaban J connectivity index is 2.46. The predicted molar refractivity (Wildman–Crippen MR) is 60.7 cm³/mol. The van der Waals surface area contributed by atoms with Gasteiger partial charge in [0.2, 0.25) is 5.91 Å². The Kier molecular flexibility index (Phi) is 4.32. The first-order valence-corrected chi connectivity index (χ1v) is 7.43. The van der Waals surface area contributed by atoms with Crippen molar-refractivity contribution < 1.29 is 18.3 Å². The first-order valence-electron chi connectivity index (χ1n) is 5.48. The maximum absolute atomic E-state index is 11.6. The maximum Gasteiger partial charge on any atom is 0.238 e. The van der Waals surface area contributed by atoms with E-state index in [-0.39, 0.29) is 12.1 Å². The van der Waals surface area contributed by atoms with Crippen molar-refractivity contribution in [2.75, 3.05) is 6.26 Å². The van der Waals surface area contributed by atoms with Crippen molar-refractivity contribution in [2.24, 2.45) is 0 Å². The largest absolute Gasteiger partial charge is 0.393 e. The van der Waals surface area contributed by atoms with Crippen LogP contribution in [0.4, 0.5) is 0 Å². The van der Waals surface area contributed by atoms with Gasteiger partial charge in [-0.15, -0.1) is 0 Å². The van der Waals surface area contributed by atoms with E-state index in [4.69, 9.17) is 0 Å². The third-order valence-corrected chi connectivity index (χ3v) is 4.55. The van der Waals surface area contributed by atoms with Crippen molar-refractivity contribution >= 4 is 15.7 Å². The third kappa shape index (κ3) is 3.75. The molecule has 0 spiro atoms. The van der Waals surface area contributed by atoms with E-state index in [1.807, 2.05) is 0 Å². The second-order valence-corrected chi connectivity index (χ2v) is 6.85. The maximum atomic E-state index is 11.6. The van der Waals surface area contributed by atoms with Crippen LogP contribution in [0.25, 0.3) is 0 Å². The molecule has 0 aliphatic heterocycles. The van der Waals surface area contributed by atoms with Gasteiger partial charge < -0.3 is 10.4 Å². The first kappa shape index (κ1) is 13.4. The molecule has 1 aliphatic rings. The molecule has 94 valence electrons. The number of sulfone groups is 1. The van der Waals surface area contributed by atoms with Crippen LogP contribution in [0.15, 0.2) is 0 Å². The number of carbonyl (C=O) groups is 1. The fourth-order valence-electron chi connectivity index (χ4n) is 1.73. The first-order chi connectivity index (χ1) is 7.30. The molecule has 5 nitrogen and oxygen atoms in total. The van der Waals surface area contributed by atoms with Crippen LogP contribution in [-0.2, 0) is 14.6 Å². The van der Waals surface area contributed by atoms with Gasteiger partial charge in [-0.2, -0.15) is 0 Å². The Bertz CT molecular complexity index is 344. The van der Waals surface area contributed by atoms with Crippen molar-refractivity contribution in [3.05, 3.63) is 0 Å². The minimum atomic E-state index is -3.33. The highest BCUT2D eigenvalue weighted by atomic mass is 32.2. The molecule has 0 saturated heterocycles. The molecule has 16 heavy (non-hydrogen) atoms. The molecule has 1 saturated carbocycles. The number of nitrogens with one attached hydrogen (secondary N) is 1. The molecule has 1 unspecified atom stereocenters. The molecule has 0 aromatic rings. The predicted octanol–water partition coefficient (Wildman–Crippen LogP) is -0.161. The summed E-state index contributed by atoms with van der Waals surface area (Å²) in [6.07, 6.45) is 3.53. The average Bonchev–Trinajstić information content (AvgIpc) is 2.19. The van der Waals surface area contributed by atoms with E-state index < -0.39 is 21.0 Å². The van der Waals surface area contributed by atoms with Gasteiger partial charge in [-0.1, -0.05) is 0 Å². The number of amides is 1. The van der Waals surface area contributed by atoms with Gasteiger partial charge in [-0.05, 0) is 32.6 Å². The minimum Gasteiger partial charge on any atom is -0.393 e. The summed E-state index contributed by atoms with van der Waals surface area (Å²) in [5, 5.41) is 11.0. The lowest BCUT2D eigenvalue weighted by molar-refractivity contribution is -0.121. The summed E-state index contributed by atoms with van der Waals surface area (Å²) in [5.41, 5.74) is 0. The van der Waals surface area contributed by atoms with Gasteiger partial charge in [0.1, 0.15) is 5.25 Å². The summed E-state index contributed by atoms with van der Waals surface area (Å²) >= 11 is 0. The molecular formula is C10H19NO4S. The van der Waals surface area contributed by atoms with Crippen LogP contribution in [-0.4, -0.2) is 43.1 Å². The van der Waals surface area contributed by atoms with E-state index in [1.54, 1.807) is 0 Å². The van der Waals surface area contributed by atoms with Crippen molar-refractivity contribution in [3.63, 3.8) is 0 Å². The zero-order valence-corrected chi connectivity index (χ0v) is 10.5. The quantitative estimate of drug-likeness (QED) is 0.728. The van der Waals surface area contributed by atoms with Gasteiger partial charge in [-0.3, -0.25) is 4.79 Å². The van der Waals surface area contributed by atoms with Crippen LogP contribution in [0.3, 0.4) is 0 Å². The Morgan fingerprint density at radius 3 is 2.25 bits per heavy atom.